The molecule has 1 fully saturated rings. The molecule has 0 aliphatic heterocycles. The molecular formula is C14H20ClNO. The van der Waals surface area contributed by atoms with Crippen molar-refractivity contribution in [3.8, 4) is 0 Å². The van der Waals surface area contributed by atoms with Gasteiger partial charge in [-0.2, -0.15) is 0 Å². The molecule has 1 aromatic carbocycles. The van der Waals surface area contributed by atoms with Gasteiger partial charge in [0, 0.05) is 11.8 Å². The normalized spacial score (nSPS) is 17.2. The lowest BCUT2D eigenvalue weighted by atomic mass is 9.76. The average molecular weight is 254 g/mol. The molecule has 1 aromatic rings. The van der Waals surface area contributed by atoms with Crippen molar-refractivity contribution in [2.45, 2.75) is 37.5 Å². The van der Waals surface area contributed by atoms with Crippen LogP contribution in [0.25, 0.3) is 0 Å². The Bertz CT molecular complexity index is 358. The van der Waals surface area contributed by atoms with Crippen LogP contribution in [-0.2, 0) is 10.2 Å². The molecule has 1 aliphatic rings. The molecule has 0 aromatic heterocycles. The Balaban J connectivity index is 0.00000144. The minimum atomic E-state index is 0. The number of hydrogen-bond acceptors (Lipinski definition) is 2. The number of halogens is 1. The topological polar surface area (TPSA) is 33.1 Å². The molecule has 1 aliphatic carbocycles. The van der Waals surface area contributed by atoms with Crippen molar-refractivity contribution in [1.82, 2.24) is 0 Å². The summed E-state index contributed by atoms with van der Waals surface area (Å²) in [5, 5.41) is 7.75. The Kier molecular flexibility index (Phi) is 5.01. The smallest absolute Gasteiger partial charge is 0.180 e. The third kappa shape index (κ3) is 3.01. The Hall–Kier alpha value is -1.02. The Morgan fingerprint density at radius 1 is 1.24 bits per heavy atom. The zero-order valence-electron chi connectivity index (χ0n) is 10.2. The molecule has 0 bridgehead atoms. The highest BCUT2D eigenvalue weighted by atomic mass is 35.5. The van der Waals surface area contributed by atoms with E-state index in [1.165, 1.54) is 31.2 Å². The van der Waals surface area contributed by atoms with E-state index in [2.05, 4.69) is 24.3 Å². The van der Waals surface area contributed by atoms with Crippen LogP contribution < -0.4 is 0 Å². The SMILES string of the molecule is COC(=N)CC1(c2ccccc2)CCCC1.Cl. The van der Waals surface area contributed by atoms with E-state index in [0.717, 1.165) is 6.42 Å². The summed E-state index contributed by atoms with van der Waals surface area (Å²) in [5.74, 6) is 0.408. The van der Waals surface area contributed by atoms with E-state index < -0.39 is 0 Å². The molecular weight excluding hydrogens is 234 g/mol. The number of rotatable bonds is 3. The maximum absolute atomic E-state index is 7.75. The fourth-order valence-electron chi connectivity index (χ4n) is 2.79. The van der Waals surface area contributed by atoms with Crippen LogP contribution in [0.3, 0.4) is 0 Å². The number of nitrogens with one attached hydrogen (secondary N) is 1. The second-order valence-corrected chi connectivity index (χ2v) is 4.66. The molecule has 0 atom stereocenters. The molecule has 2 nitrogen and oxygen atoms in total. The summed E-state index contributed by atoms with van der Waals surface area (Å²) in [6, 6.07) is 10.6. The summed E-state index contributed by atoms with van der Waals surface area (Å²) in [4.78, 5) is 0. The molecule has 2 rings (SSSR count). The van der Waals surface area contributed by atoms with Crippen LogP contribution in [0.4, 0.5) is 0 Å². The lowest BCUT2D eigenvalue weighted by Crippen LogP contribution is -2.26. The molecule has 0 radical (unpaired) electrons. The predicted molar refractivity (Wildman–Crippen MR) is 73.2 cm³/mol. The highest BCUT2D eigenvalue weighted by Gasteiger charge is 2.36. The van der Waals surface area contributed by atoms with Crippen molar-refractivity contribution in [2.75, 3.05) is 7.11 Å². The van der Waals surface area contributed by atoms with Crippen LogP contribution in [-0.4, -0.2) is 13.0 Å². The van der Waals surface area contributed by atoms with Crippen LogP contribution in [0, 0.1) is 5.41 Å². The van der Waals surface area contributed by atoms with E-state index in [1.807, 2.05) is 6.07 Å². The van der Waals surface area contributed by atoms with Crippen molar-refractivity contribution in [3.05, 3.63) is 35.9 Å². The van der Waals surface area contributed by atoms with Gasteiger partial charge in [-0.25, -0.2) is 0 Å². The Labute approximate surface area is 109 Å². The number of ether oxygens (including phenoxy) is 1. The van der Waals surface area contributed by atoms with Gasteiger partial charge in [0.2, 0.25) is 0 Å². The highest BCUT2D eigenvalue weighted by molar-refractivity contribution is 5.85. The lowest BCUT2D eigenvalue weighted by molar-refractivity contribution is 0.350. The molecule has 0 spiro atoms. The van der Waals surface area contributed by atoms with Crippen molar-refractivity contribution in [1.29, 1.82) is 5.41 Å². The maximum Gasteiger partial charge on any atom is 0.180 e. The van der Waals surface area contributed by atoms with E-state index in [-0.39, 0.29) is 17.8 Å². The summed E-state index contributed by atoms with van der Waals surface area (Å²) in [5.41, 5.74) is 1.53. The maximum atomic E-state index is 7.75. The standard InChI is InChI=1S/C14H19NO.ClH/c1-16-13(15)11-14(9-5-6-10-14)12-7-3-2-4-8-12;/h2-4,7-8,15H,5-6,9-11H2,1H3;1H. The van der Waals surface area contributed by atoms with Gasteiger partial charge in [-0.15, -0.1) is 12.4 Å². The van der Waals surface area contributed by atoms with Crippen LogP contribution in [0.1, 0.15) is 37.7 Å². The molecule has 0 unspecified atom stereocenters. The average Bonchev–Trinajstić information content (AvgIpc) is 2.80. The summed E-state index contributed by atoms with van der Waals surface area (Å²) < 4.78 is 5.04. The first-order chi connectivity index (χ1) is 7.77. The predicted octanol–water partition coefficient (Wildman–Crippen LogP) is 3.93. The molecule has 0 heterocycles. The van der Waals surface area contributed by atoms with Crippen molar-refractivity contribution < 1.29 is 4.74 Å². The summed E-state index contributed by atoms with van der Waals surface area (Å²) in [7, 11) is 1.59. The van der Waals surface area contributed by atoms with Crippen molar-refractivity contribution in [3.63, 3.8) is 0 Å². The quantitative estimate of drug-likeness (QED) is 0.643. The van der Waals surface area contributed by atoms with Crippen LogP contribution >= 0.6 is 12.4 Å². The van der Waals surface area contributed by atoms with Gasteiger partial charge in [-0.1, -0.05) is 43.2 Å². The molecule has 1 saturated carbocycles. The number of methoxy groups -OCH3 is 1. The first kappa shape index (κ1) is 14.0. The molecule has 1 N–H and O–H groups in total. The summed E-state index contributed by atoms with van der Waals surface area (Å²) in [6.45, 7) is 0. The van der Waals surface area contributed by atoms with Crippen molar-refractivity contribution in [2.24, 2.45) is 0 Å². The van der Waals surface area contributed by atoms with Crippen molar-refractivity contribution >= 4 is 18.3 Å². The second-order valence-electron chi connectivity index (χ2n) is 4.66. The fraction of sp³-hybridized carbons (Fsp3) is 0.500. The number of hydrogen-bond donors (Lipinski definition) is 1. The fourth-order valence-corrected chi connectivity index (χ4v) is 2.79. The lowest BCUT2D eigenvalue weighted by Gasteiger charge is -2.29. The van der Waals surface area contributed by atoms with E-state index in [9.17, 15) is 0 Å². The van der Waals surface area contributed by atoms with Gasteiger partial charge in [-0.3, -0.25) is 5.41 Å². The van der Waals surface area contributed by atoms with Gasteiger partial charge in [0.25, 0.3) is 0 Å². The third-order valence-corrected chi connectivity index (χ3v) is 3.69. The summed E-state index contributed by atoms with van der Waals surface area (Å²) >= 11 is 0. The van der Waals surface area contributed by atoms with Gasteiger partial charge in [0.05, 0.1) is 7.11 Å². The molecule has 94 valence electrons. The van der Waals surface area contributed by atoms with E-state index in [0.29, 0.717) is 5.90 Å². The monoisotopic (exact) mass is 253 g/mol. The Morgan fingerprint density at radius 2 is 1.82 bits per heavy atom. The molecule has 0 saturated heterocycles. The second kappa shape index (κ2) is 6.06. The van der Waals surface area contributed by atoms with Gasteiger partial charge in [-0.05, 0) is 18.4 Å². The van der Waals surface area contributed by atoms with Gasteiger partial charge in [0.15, 0.2) is 5.90 Å². The molecule has 3 heteroatoms. The molecule has 0 amide bonds. The van der Waals surface area contributed by atoms with Gasteiger partial charge >= 0.3 is 0 Å². The third-order valence-electron chi connectivity index (χ3n) is 3.69. The minimum absolute atomic E-state index is 0. The van der Waals surface area contributed by atoms with Gasteiger partial charge < -0.3 is 4.74 Å². The Morgan fingerprint density at radius 3 is 2.35 bits per heavy atom. The van der Waals surface area contributed by atoms with Crippen LogP contribution in [0.5, 0.6) is 0 Å². The van der Waals surface area contributed by atoms with E-state index in [1.54, 1.807) is 7.11 Å². The van der Waals surface area contributed by atoms with Crippen LogP contribution in [0.2, 0.25) is 0 Å². The zero-order valence-corrected chi connectivity index (χ0v) is 11.1. The van der Waals surface area contributed by atoms with Crippen LogP contribution in [0.15, 0.2) is 30.3 Å². The first-order valence-corrected chi connectivity index (χ1v) is 5.94. The van der Waals surface area contributed by atoms with Gasteiger partial charge in [0.1, 0.15) is 0 Å². The van der Waals surface area contributed by atoms with E-state index >= 15 is 0 Å². The van der Waals surface area contributed by atoms with E-state index in [4.69, 9.17) is 10.1 Å². The minimum Gasteiger partial charge on any atom is -0.484 e. The number of benzene rings is 1. The molecule has 17 heavy (non-hydrogen) atoms. The highest BCUT2D eigenvalue weighted by Crippen LogP contribution is 2.43. The zero-order chi connectivity index (χ0) is 11.4. The largest absolute Gasteiger partial charge is 0.484 e. The summed E-state index contributed by atoms with van der Waals surface area (Å²) in [6.07, 6.45) is 5.65. The first-order valence-electron chi connectivity index (χ1n) is 5.94.